The predicted molar refractivity (Wildman–Crippen MR) is 98.4 cm³/mol. The van der Waals surface area contributed by atoms with E-state index in [9.17, 15) is 9.59 Å². The molecule has 0 spiro atoms. The summed E-state index contributed by atoms with van der Waals surface area (Å²) < 4.78 is 0. The number of likely N-dealkylation sites (tertiary alicyclic amines) is 1. The fourth-order valence-corrected chi connectivity index (χ4v) is 2.87. The standard InChI is InChI=1S/C18H27N5O2/c1-4-16(24)23-9-8-15(12-23)22-18(20-3)21-11-13-6-5-7-14(10-13)17(25)19-2/h5-7,10,15H,4,8-9,11-12H2,1-3H3,(H,19,25)(H2,20,21,22). The van der Waals surface area contributed by atoms with Crippen molar-refractivity contribution in [3.05, 3.63) is 35.4 Å². The van der Waals surface area contributed by atoms with Gasteiger partial charge < -0.3 is 20.9 Å². The van der Waals surface area contributed by atoms with Gasteiger partial charge in [-0.1, -0.05) is 19.1 Å². The summed E-state index contributed by atoms with van der Waals surface area (Å²) in [5, 5.41) is 9.24. The number of nitrogens with zero attached hydrogens (tertiary/aromatic N) is 2. The number of amides is 2. The molecule has 1 atom stereocenters. The summed E-state index contributed by atoms with van der Waals surface area (Å²) in [4.78, 5) is 29.6. The molecule has 0 saturated carbocycles. The summed E-state index contributed by atoms with van der Waals surface area (Å²) in [6.45, 7) is 3.94. The number of nitrogens with one attached hydrogen (secondary N) is 3. The maximum atomic E-state index is 11.8. The molecule has 0 radical (unpaired) electrons. The molecule has 1 unspecified atom stereocenters. The van der Waals surface area contributed by atoms with Gasteiger partial charge in [0, 0.05) is 51.8 Å². The van der Waals surface area contributed by atoms with Crippen LogP contribution in [-0.4, -0.2) is 55.9 Å². The van der Waals surface area contributed by atoms with E-state index >= 15 is 0 Å². The lowest BCUT2D eigenvalue weighted by molar-refractivity contribution is -0.129. The smallest absolute Gasteiger partial charge is 0.251 e. The van der Waals surface area contributed by atoms with Gasteiger partial charge in [0.25, 0.3) is 5.91 Å². The van der Waals surface area contributed by atoms with Crippen molar-refractivity contribution >= 4 is 17.8 Å². The van der Waals surface area contributed by atoms with Crippen molar-refractivity contribution in [1.82, 2.24) is 20.9 Å². The Balaban J connectivity index is 1.87. The van der Waals surface area contributed by atoms with Crippen LogP contribution in [0.15, 0.2) is 29.3 Å². The van der Waals surface area contributed by atoms with Crippen LogP contribution in [0.2, 0.25) is 0 Å². The molecule has 1 saturated heterocycles. The molecular weight excluding hydrogens is 318 g/mol. The largest absolute Gasteiger partial charge is 0.355 e. The molecule has 1 aromatic rings. The van der Waals surface area contributed by atoms with Gasteiger partial charge in [0.15, 0.2) is 5.96 Å². The van der Waals surface area contributed by atoms with Gasteiger partial charge >= 0.3 is 0 Å². The first-order valence-electron chi connectivity index (χ1n) is 8.63. The van der Waals surface area contributed by atoms with Gasteiger partial charge in [-0.25, -0.2) is 0 Å². The van der Waals surface area contributed by atoms with E-state index < -0.39 is 0 Å². The Hall–Kier alpha value is -2.57. The normalized spacial score (nSPS) is 17.3. The number of rotatable bonds is 5. The van der Waals surface area contributed by atoms with Gasteiger partial charge in [0.2, 0.25) is 5.91 Å². The van der Waals surface area contributed by atoms with Crippen LogP contribution < -0.4 is 16.0 Å². The molecule has 1 aliphatic rings. The summed E-state index contributed by atoms with van der Waals surface area (Å²) in [5.74, 6) is 0.787. The molecule has 1 heterocycles. The van der Waals surface area contributed by atoms with Gasteiger partial charge in [-0.2, -0.15) is 0 Å². The maximum Gasteiger partial charge on any atom is 0.251 e. The molecule has 0 bridgehead atoms. The topological polar surface area (TPSA) is 85.8 Å². The number of carbonyl (C=O) groups excluding carboxylic acids is 2. The first-order chi connectivity index (χ1) is 12.1. The molecule has 0 aliphatic carbocycles. The minimum absolute atomic E-state index is 0.101. The Labute approximate surface area is 148 Å². The van der Waals surface area contributed by atoms with E-state index in [1.165, 1.54) is 0 Å². The Morgan fingerprint density at radius 2 is 2.16 bits per heavy atom. The predicted octanol–water partition coefficient (Wildman–Crippen LogP) is 0.722. The third kappa shape index (κ3) is 5.20. The average Bonchev–Trinajstić information content (AvgIpc) is 3.12. The fraction of sp³-hybridized carbons (Fsp3) is 0.500. The molecule has 7 heteroatoms. The SMILES string of the molecule is CCC(=O)N1CCC(NC(=NC)NCc2cccc(C(=O)NC)c2)C1. The first kappa shape index (κ1) is 18.8. The Bertz CT molecular complexity index is 644. The van der Waals surface area contributed by atoms with Crippen molar-refractivity contribution in [3.63, 3.8) is 0 Å². The van der Waals surface area contributed by atoms with Crippen LogP contribution in [0.1, 0.15) is 35.7 Å². The van der Waals surface area contributed by atoms with Crippen LogP contribution >= 0.6 is 0 Å². The van der Waals surface area contributed by atoms with E-state index in [1.807, 2.05) is 30.0 Å². The number of carbonyl (C=O) groups is 2. The van der Waals surface area contributed by atoms with Crippen molar-refractivity contribution in [2.75, 3.05) is 27.2 Å². The van der Waals surface area contributed by atoms with Gasteiger partial charge in [-0.15, -0.1) is 0 Å². The molecular formula is C18H27N5O2. The molecule has 1 aliphatic heterocycles. The molecule has 136 valence electrons. The Morgan fingerprint density at radius 3 is 2.84 bits per heavy atom. The van der Waals surface area contributed by atoms with Crippen LogP contribution in [-0.2, 0) is 11.3 Å². The van der Waals surface area contributed by atoms with Crippen molar-refractivity contribution in [1.29, 1.82) is 0 Å². The van der Waals surface area contributed by atoms with Gasteiger partial charge in [0.05, 0.1) is 0 Å². The van der Waals surface area contributed by atoms with E-state index in [2.05, 4.69) is 20.9 Å². The second-order valence-corrected chi connectivity index (χ2v) is 6.03. The average molecular weight is 345 g/mol. The third-order valence-electron chi connectivity index (χ3n) is 4.28. The van der Waals surface area contributed by atoms with Crippen molar-refractivity contribution in [3.8, 4) is 0 Å². The highest BCUT2D eigenvalue weighted by Crippen LogP contribution is 2.10. The second-order valence-electron chi connectivity index (χ2n) is 6.03. The minimum Gasteiger partial charge on any atom is -0.355 e. The molecule has 2 rings (SSSR count). The number of hydrogen-bond acceptors (Lipinski definition) is 3. The lowest BCUT2D eigenvalue weighted by atomic mass is 10.1. The molecule has 0 aromatic heterocycles. The van der Waals surface area contributed by atoms with Gasteiger partial charge in [-0.3, -0.25) is 14.6 Å². The Morgan fingerprint density at radius 1 is 1.36 bits per heavy atom. The summed E-state index contributed by atoms with van der Waals surface area (Å²) in [7, 11) is 3.34. The van der Waals surface area contributed by atoms with Crippen LogP contribution in [0.3, 0.4) is 0 Å². The molecule has 2 amide bonds. The van der Waals surface area contributed by atoms with Crippen LogP contribution in [0.5, 0.6) is 0 Å². The number of guanidine groups is 1. The molecule has 1 fully saturated rings. The van der Waals surface area contributed by atoms with E-state index in [0.29, 0.717) is 31.0 Å². The zero-order chi connectivity index (χ0) is 18.2. The summed E-state index contributed by atoms with van der Waals surface area (Å²) in [5.41, 5.74) is 1.63. The molecule has 3 N–H and O–H groups in total. The number of benzene rings is 1. The lowest BCUT2D eigenvalue weighted by Crippen LogP contribution is -2.44. The third-order valence-corrected chi connectivity index (χ3v) is 4.28. The monoisotopic (exact) mass is 345 g/mol. The zero-order valence-corrected chi connectivity index (χ0v) is 15.1. The fourth-order valence-electron chi connectivity index (χ4n) is 2.87. The summed E-state index contributed by atoms with van der Waals surface area (Å²) in [6.07, 6.45) is 1.46. The quantitative estimate of drug-likeness (QED) is 0.542. The Kier molecular flexibility index (Phi) is 6.80. The summed E-state index contributed by atoms with van der Waals surface area (Å²) in [6, 6.07) is 7.68. The second kappa shape index (κ2) is 9.05. The van der Waals surface area contributed by atoms with Crippen LogP contribution in [0.4, 0.5) is 0 Å². The highest BCUT2D eigenvalue weighted by atomic mass is 16.2. The van der Waals surface area contributed by atoms with E-state index in [0.717, 1.165) is 18.5 Å². The summed E-state index contributed by atoms with van der Waals surface area (Å²) >= 11 is 0. The van der Waals surface area contributed by atoms with Crippen molar-refractivity contribution < 1.29 is 9.59 Å². The highest BCUT2D eigenvalue weighted by molar-refractivity contribution is 5.94. The lowest BCUT2D eigenvalue weighted by Gasteiger charge is -2.19. The highest BCUT2D eigenvalue weighted by Gasteiger charge is 2.25. The van der Waals surface area contributed by atoms with Gasteiger partial charge in [0.1, 0.15) is 0 Å². The first-order valence-corrected chi connectivity index (χ1v) is 8.63. The maximum absolute atomic E-state index is 11.8. The minimum atomic E-state index is -0.101. The number of hydrogen-bond donors (Lipinski definition) is 3. The molecule has 25 heavy (non-hydrogen) atoms. The van der Waals surface area contributed by atoms with E-state index in [-0.39, 0.29) is 17.9 Å². The van der Waals surface area contributed by atoms with E-state index in [4.69, 9.17) is 0 Å². The van der Waals surface area contributed by atoms with Crippen LogP contribution in [0, 0.1) is 0 Å². The van der Waals surface area contributed by atoms with Crippen LogP contribution in [0.25, 0.3) is 0 Å². The molecule has 7 nitrogen and oxygen atoms in total. The van der Waals surface area contributed by atoms with E-state index in [1.54, 1.807) is 20.2 Å². The molecule has 1 aromatic carbocycles. The van der Waals surface area contributed by atoms with Crippen molar-refractivity contribution in [2.24, 2.45) is 4.99 Å². The van der Waals surface area contributed by atoms with Gasteiger partial charge in [-0.05, 0) is 24.1 Å². The van der Waals surface area contributed by atoms with Crippen molar-refractivity contribution in [2.45, 2.75) is 32.4 Å². The number of aliphatic imine (C=N–C) groups is 1. The zero-order valence-electron chi connectivity index (χ0n) is 15.1.